The third-order valence-electron chi connectivity index (χ3n) is 4.01. The molecule has 9 heteroatoms. The number of halogens is 3. The van der Waals surface area contributed by atoms with Gasteiger partial charge in [-0.3, -0.25) is 9.59 Å². The van der Waals surface area contributed by atoms with Gasteiger partial charge in [0.15, 0.2) is 11.5 Å². The largest absolute Gasteiger partial charge is 0.493 e. The van der Waals surface area contributed by atoms with Crippen molar-refractivity contribution in [3.8, 4) is 11.5 Å². The van der Waals surface area contributed by atoms with Crippen LogP contribution in [0.3, 0.4) is 0 Å². The number of carbonyl (C=O) groups excluding carboxylic acids is 2. The summed E-state index contributed by atoms with van der Waals surface area (Å²) in [5.41, 5.74) is 1.75. The van der Waals surface area contributed by atoms with Gasteiger partial charge >= 0.3 is 12.1 Å². The highest BCUT2D eigenvalue weighted by atomic mass is 19.4. The van der Waals surface area contributed by atoms with Crippen LogP contribution in [0.15, 0.2) is 42.5 Å². The van der Waals surface area contributed by atoms with E-state index >= 15 is 0 Å². The fraction of sp³-hybridized carbons (Fsp3) is 0.300. The molecule has 29 heavy (non-hydrogen) atoms. The second-order valence-corrected chi connectivity index (χ2v) is 6.12. The van der Waals surface area contributed by atoms with Crippen molar-refractivity contribution >= 4 is 17.5 Å². The second kappa shape index (κ2) is 9.81. The predicted molar refractivity (Wildman–Crippen MR) is 101 cm³/mol. The molecule has 0 aliphatic heterocycles. The van der Waals surface area contributed by atoms with E-state index in [9.17, 15) is 22.8 Å². The number of benzene rings is 2. The number of carbonyl (C=O) groups is 2. The number of hydrogen-bond acceptors (Lipinski definition) is 4. The lowest BCUT2D eigenvalue weighted by Crippen LogP contribution is -2.36. The van der Waals surface area contributed by atoms with Crippen LogP contribution in [0, 0.1) is 0 Å². The number of amides is 2. The van der Waals surface area contributed by atoms with Crippen LogP contribution in [0.5, 0.6) is 11.5 Å². The topological polar surface area (TPSA) is 76.7 Å². The first-order valence-corrected chi connectivity index (χ1v) is 8.67. The van der Waals surface area contributed by atoms with Crippen LogP contribution < -0.4 is 20.1 Å². The van der Waals surface area contributed by atoms with E-state index in [1.807, 2.05) is 6.07 Å². The number of hydrogen-bond donors (Lipinski definition) is 2. The lowest BCUT2D eigenvalue weighted by molar-refractivity contribution is -0.173. The highest BCUT2D eigenvalue weighted by Gasteiger charge is 2.38. The maximum absolute atomic E-state index is 12.2. The van der Waals surface area contributed by atoms with Gasteiger partial charge in [-0.25, -0.2) is 0 Å². The van der Waals surface area contributed by atoms with Crippen molar-refractivity contribution < 1.29 is 32.2 Å². The molecule has 0 heterocycles. The zero-order valence-electron chi connectivity index (χ0n) is 15.9. The van der Waals surface area contributed by atoms with E-state index in [-0.39, 0.29) is 18.9 Å². The zero-order valence-corrected chi connectivity index (χ0v) is 15.9. The van der Waals surface area contributed by atoms with Crippen molar-refractivity contribution in [1.82, 2.24) is 5.32 Å². The van der Waals surface area contributed by atoms with Gasteiger partial charge in [-0.2, -0.15) is 13.2 Å². The summed E-state index contributed by atoms with van der Waals surface area (Å²) in [6.45, 7) is -0.298. The van der Waals surface area contributed by atoms with Crippen molar-refractivity contribution in [2.45, 2.75) is 25.6 Å². The van der Waals surface area contributed by atoms with E-state index in [1.165, 1.54) is 20.3 Å². The normalized spacial score (nSPS) is 10.9. The van der Waals surface area contributed by atoms with Gasteiger partial charge in [0.25, 0.3) is 0 Å². The summed E-state index contributed by atoms with van der Waals surface area (Å²) in [5.74, 6) is -1.10. The standard InChI is InChI=1S/C20H21F3N2O4/c1-28-16-8-6-13(11-17(16)29-2)7-9-18(26)25-15-5-3-4-14(10-15)12-24-19(27)20(21,22)23/h3-6,8,10-11H,7,9,12H2,1-2H3,(H,24,27)(H,25,26). The number of alkyl halides is 3. The molecule has 6 nitrogen and oxygen atoms in total. The summed E-state index contributed by atoms with van der Waals surface area (Å²) < 4.78 is 47.1. The van der Waals surface area contributed by atoms with Crippen LogP contribution >= 0.6 is 0 Å². The number of ether oxygens (including phenoxy) is 2. The lowest BCUT2D eigenvalue weighted by atomic mass is 10.1. The van der Waals surface area contributed by atoms with E-state index < -0.39 is 12.1 Å². The molecule has 2 aromatic rings. The number of nitrogens with one attached hydrogen (secondary N) is 2. The van der Waals surface area contributed by atoms with Crippen molar-refractivity contribution in [3.05, 3.63) is 53.6 Å². The highest BCUT2D eigenvalue weighted by Crippen LogP contribution is 2.28. The van der Waals surface area contributed by atoms with Crippen LogP contribution in [-0.4, -0.2) is 32.2 Å². The Morgan fingerprint density at radius 2 is 1.69 bits per heavy atom. The van der Waals surface area contributed by atoms with Crippen LogP contribution in [-0.2, 0) is 22.6 Å². The number of methoxy groups -OCH3 is 2. The summed E-state index contributed by atoms with van der Waals surface area (Å²) in [6.07, 6.45) is -4.27. The van der Waals surface area contributed by atoms with Crippen LogP contribution in [0.1, 0.15) is 17.5 Å². The fourth-order valence-corrected chi connectivity index (χ4v) is 2.56. The maximum atomic E-state index is 12.2. The van der Waals surface area contributed by atoms with Gasteiger partial charge in [-0.15, -0.1) is 0 Å². The minimum atomic E-state index is -4.93. The van der Waals surface area contributed by atoms with E-state index in [0.717, 1.165) is 5.56 Å². The molecule has 2 amide bonds. The highest BCUT2D eigenvalue weighted by molar-refractivity contribution is 5.91. The Bertz CT molecular complexity index is 869. The smallest absolute Gasteiger partial charge is 0.471 e. The second-order valence-electron chi connectivity index (χ2n) is 6.12. The molecule has 0 aromatic heterocycles. The quantitative estimate of drug-likeness (QED) is 0.699. The Morgan fingerprint density at radius 3 is 2.34 bits per heavy atom. The van der Waals surface area contributed by atoms with Crippen molar-refractivity contribution in [2.24, 2.45) is 0 Å². The Hall–Kier alpha value is -3.23. The Morgan fingerprint density at radius 1 is 0.966 bits per heavy atom. The van der Waals surface area contributed by atoms with Gasteiger partial charge in [0.2, 0.25) is 5.91 Å². The summed E-state index contributed by atoms with van der Waals surface area (Å²) in [6, 6.07) is 11.6. The number of aryl methyl sites for hydroxylation is 1. The molecule has 0 bridgehead atoms. The Balaban J connectivity index is 1.90. The van der Waals surface area contributed by atoms with Gasteiger partial charge in [0, 0.05) is 18.7 Å². The van der Waals surface area contributed by atoms with Gasteiger partial charge < -0.3 is 20.1 Å². The number of rotatable bonds is 8. The molecule has 0 saturated heterocycles. The van der Waals surface area contributed by atoms with Crippen molar-refractivity contribution in [2.75, 3.05) is 19.5 Å². The molecule has 0 unspecified atom stereocenters. The molecule has 0 spiro atoms. The molecule has 0 fully saturated rings. The molecule has 0 saturated carbocycles. The monoisotopic (exact) mass is 410 g/mol. The molecule has 2 rings (SSSR count). The third kappa shape index (κ3) is 6.70. The molecule has 2 aromatic carbocycles. The molecule has 0 atom stereocenters. The average Bonchev–Trinajstić information content (AvgIpc) is 2.69. The fourth-order valence-electron chi connectivity index (χ4n) is 2.56. The van der Waals surface area contributed by atoms with Gasteiger partial charge in [0.1, 0.15) is 0 Å². The first-order valence-electron chi connectivity index (χ1n) is 8.67. The van der Waals surface area contributed by atoms with Crippen molar-refractivity contribution in [1.29, 1.82) is 0 Å². The van der Waals surface area contributed by atoms with E-state index in [0.29, 0.717) is 29.2 Å². The van der Waals surface area contributed by atoms with Crippen molar-refractivity contribution in [3.63, 3.8) is 0 Å². The summed E-state index contributed by atoms with van der Waals surface area (Å²) >= 11 is 0. The maximum Gasteiger partial charge on any atom is 0.471 e. The summed E-state index contributed by atoms with van der Waals surface area (Å²) in [4.78, 5) is 23.1. The van der Waals surface area contributed by atoms with Gasteiger partial charge in [0.05, 0.1) is 14.2 Å². The third-order valence-corrected chi connectivity index (χ3v) is 4.01. The van der Waals surface area contributed by atoms with Gasteiger partial charge in [-0.1, -0.05) is 18.2 Å². The van der Waals surface area contributed by atoms with Crippen LogP contribution in [0.2, 0.25) is 0 Å². The van der Waals surface area contributed by atoms with Gasteiger partial charge in [-0.05, 0) is 41.8 Å². The molecule has 0 aliphatic carbocycles. The SMILES string of the molecule is COc1ccc(CCC(=O)Nc2cccc(CNC(=O)C(F)(F)F)c2)cc1OC. The minimum absolute atomic E-state index is 0.199. The molecular weight excluding hydrogens is 389 g/mol. The zero-order chi connectivity index (χ0) is 21.4. The summed E-state index contributed by atoms with van der Waals surface area (Å²) in [7, 11) is 3.06. The van der Waals surface area contributed by atoms with E-state index in [1.54, 1.807) is 35.6 Å². The predicted octanol–water partition coefficient (Wildman–Crippen LogP) is 3.45. The van der Waals surface area contributed by atoms with E-state index in [4.69, 9.17) is 9.47 Å². The van der Waals surface area contributed by atoms with E-state index in [2.05, 4.69) is 5.32 Å². The van der Waals surface area contributed by atoms with Crippen LogP contribution in [0.25, 0.3) is 0 Å². The molecule has 0 radical (unpaired) electrons. The Labute approximate surface area is 166 Å². The minimum Gasteiger partial charge on any atom is -0.493 e. The summed E-state index contributed by atoms with van der Waals surface area (Å²) in [5, 5.41) is 4.48. The molecule has 2 N–H and O–H groups in total. The number of anilines is 1. The lowest BCUT2D eigenvalue weighted by Gasteiger charge is -2.11. The molecule has 0 aliphatic rings. The van der Waals surface area contributed by atoms with Crippen LogP contribution in [0.4, 0.5) is 18.9 Å². The average molecular weight is 410 g/mol. The molecular formula is C20H21F3N2O4. The first-order chi connectivity index (χ1) is 13.7. The first kappa shape index (κ1) is 22.1. The molecule has 156 valence electrons. The Kier molecular flexibility index (Phi) is 7.46.